The van der Waals surface area contributed by atoms with Crippen molar-refractivity contribution in [1.29, 1.82) is 0 Å². The standard InChI is InChI=1S/C23H22F3N5O2/c1-22(2,3)33-21(32)30-19-18-14-10-11-31(17(14)9-8-16(18)28-20(27)29-19)12-13-6-4-5-7-15(13)23(24,25)26/h4-11H,12H2,1-3H3,(H3,27,28,29,30,32). The van der Waals surface area contributed by atoms with Crippen LogP contribution in [0.4, 0.5) is 29.7 Å². The SMILES string of the molecule is CC(C)(C)OC(=O)Nc1nc(N)nc2ccc3c(ccn3Cc3ccccc3C(F)(F)F)c12. The zero-order chi connectivity index (χ0) is 24.0. The Kier molecular flexibility index (Phi) is 5.39. The minimum atomic E-state index is -4.46. The van der Waals surface area contributed by atoms with Gasteiger partial charge in [0.05, 0.1) is 16.5 Å². The molecule has 0 saturated heterocycles. The van der Waals surface area contributed by atoms with Crippen molar-refractivity contribution in [2.24, 2.45) is 0 Å². The van der Waals surface area contributed by atoms with E-state index in [4.69, 9.17) is 10.5 Å². The van der Waals surface area contributed by atoms with Gasteiger partial charge in [-0.1, -0.05) is 18.2 Å². The molecule has 4 rings (SSSR count). The van der Waals surface area contributed by atoms with E-state index in [1.807, 2.05) is 0 Å². The smallest absolute Gasteiger partial charge is 0.416 e. The summed E-state index contributed by atoms with van der Waals surface area (Å²) in [5.41, 5.74) is 5.68. The average molecular weight is 457 g/mol. The first-order valence-corrected chi connectivity index (χ1v) is 10.1. The maximum Gasteiger partial charge on any atom is 0.416 e. The van der Waals surface area contributed by atoms with Crippen molar-refractivity contribution in [2.45, 2.75) is 39.1 Å². The highest BCUT2D eigenvalue weighted by molar-refractivity contribution is 6.12. The number of anilines is 2. The number of hydrogen-bond donors (Lipinski definition) is 2. The molecule has 0 aliphatic heterocycles. The lowest BCUT2D eigenvalue weighted by Gasteiger charge is -2.20. The first kappa shape index (κ1) is 22.4. The number of benzene rings is 2. The molecule has 0 spiro atoms. The molecule has 0 saturated carbocycles. The van der Waals surface area contributed by atoms with Crippen molar-refractivity contribution in [2.75, 3.05) is 11.1 Å². The lowest BCUT2D eigenvalue weighted by Crippen LogP contribution is -2.27. The fourth-order valence-electron chi connectivity index (χ4n) is 3.67. The van der Waals surface area contributed by atoms with Gasteiger partial charge in [0.1, 0.15) is 11.4 Å². The van der Waals surface area contributed by atoms with Gasteiger partial charge in [0.15, 0.2) is 0 Å². The second-order valence-corrected chi connectivity index (χ2v) is 8.55. The summed E-state index contributed by atoms with van der Waals surface area (Å²) in [5.74, 6) is 0.122. The van der Waals surface area contributed by atoms with Crippen LogP contribution in [0.25, 0.3) is 21.8 Å². The van der Waals surface area contributed by atoms with E-state index < -0.39 is 23.4 Å². The normalized spacial score (nSPS) is 12.3. The van der Waals surface area contributed by atoms with Gasteiger partial charge in [-0.2, -0.15) is 18.2 Å². The maximum atomic E-state index is 13.4. The molecule has 1 amide bonds. The number of fused-ring (bicyclic) bond motifs is 3. The Morgan fingerprint density at radius 1 is 1.09 bits per heavy atom. The maximum absolute atomic E-state index is 13.4. The molecule has 172 valence electrons. The molecule has 10 heteroatoms. The van der Waals surface area contributed by atoms with Gasteiger partial charge in [-0.15, -0.1) is 0 Å². The van der Waals surface area contributed by atoms with Crippen LogP contribution in [-0.2, 0) is 17.5 Å². The van der Waals surface area contributed by atoms with E-state index in [1.54, 1.807) is 55.8 Å². The van der Waals surface area contributed by atoms with E-state index in [2.05, 4.69) is 15.3 Å². The van der Waals surface area contributed by atoms with Crippen molar-refractivity contribution in [3.8, 4) is 0 Å². The molecule has 0 fully saturated rings. The minimum Gasteiger partial charge on any atom is -0.444 e. The van der Waals surface area contributed by atoms with Gasteiger partial charge in [0.25, 0.3) is 0 Å². The average Bonchev–Trinajstić information content (AvgIpc) is 3.08. The molecule has 2 heterocycles. The minimum absolute atomic E-state index is 0.00927. The predicted molar refractivity (Wildman–Crippen MR) is 120 cm³/mol. The summed E-state index contributed by atoms with van der Waals surface area (Å²) in [7, 11) is 0. The number of nitrogens with zero attached hydrogens (tertiary/aromatic N) is 3. The van der Waals surface area contributed by atoms with Crippen LogP contribution in [0.2, 0.25) is 0 Å². The molecule has 3 N–H and O–H groups in total. The molecule has 4 aromatic rings. The summed E-state index contributed by atoms with van der Waals surface area (Å²) in [6.07, 6.45) is -3.48. The molecule has 0 unspecified atom stereocenters. The van der Waals surface area contributed by atoms with Crippen LogP contribution in [0.1, 0.15) is 31.9 Å². The van der Waals surface area contributed by atoms with Crippen molar-refractivity contribution < 1.29 is 22.7 Å². The number of ether oxygens (including phenoxy) is 1. The lowest BCUT2D eigenvalue weighted by atomic mass is 10.1. The fourth-order valence-corrected chi connectivity index (χ4v) is 3.67. The van der Waals surface area contributed by atoms with E-state index in [-0.39, 0.29) is 23.9 Å². The third-order valence-electron chi connectivity index (χ3n) is 4.91. The molecule has 33 heavy (non-hydrogen) atoms. The third kappa shape index (κ3) is 4.69. The number of nitrogen functional groups attached to an aromatic ring is 1. The number of hydrogen-bond acceptors (Lipinski definition) is 5. The molecular formula is C23H22F3N5O2. The monoisotopic (exact) mass is 457 g/mol. The fraction of sp³-hybridized carbons (Fsp3) is 0.261. The summed E-state index contributed by atoms with van der Waals surface area (Å²) in [5, 5.41) is 3.78. The number of rotatable bonds is 3. The number of halogens is 3. The quantitative estimate of drug-likeness (QED) is 0.419. The van der Waals surface area contributed by atoms with Crippen LogP contribution in [0.5, 0.6) is 0 Å². The van der Waals surface area contributed by atoms with E-state index in [0.29, 0.717) is 21.8 Å². The van der Waals surface area contributed by atoms with Gasteiger partial charge in [-0.3, -0.25) is 5.32 Å². The van der Waals surface area contributed by atoms with Crippen LogP contribution in [0.15, 0.2) is 48.7 Å². The van der Waals surface area contributed by atoms with Crippen molar-refractivity contribution in [1.82, 2.24) is 14.5 Å². The number of nitrogens with one attached hydrogen (secondary N) is 1. The van der Waals surface area contributed by atoms with E-state index in [9.17, 15) is 18.0 Å². The highest BCUT2D eigenvalue weighted by Crippen LogP contribution is 2.34. The predicted octanol–water partition coefficient (Wildman–Crippen LogP) is 5.58. The summed E-state index contributed by atoms with van der Waals surface area (Å²) >= 11 is 0. The van der Waals surface area contributed by atoms with Crippen LogP contribution in [0, 0.1) is 0 Å². The molecule has 0 atom stereocenters. The Balaban J connectivity index is 1.80. The van der Waals surface area contributed by atoms with Gasteiger partial charge >= 0.3 is 12.3 Å². The second kappa shape index (κ2) is 7.95. The molecular weight excluding hydrogens is 435 g/mol. The third-order valence-corrected chi connectivity index (χ3v) is 4.91. The Bertz CT molecular complexity index is 1360. The Labute approximate surface area is 187 Å². The van der Waals surface area contributed by atoms with Crippen LogP contribution in [0.3, 0.4) is 0 Å². The van der Waals surface area contributed by atoms with Crippen LogP contribution in [-0.4, -0.2) is 26.2 Å². The number of alkyl halides is 3. The summed E-state index contributed by atoms with van der Waals surface area (Å²) in [4.78, 5) is 20.7. The molecule has 2 aromatic carbocycles. The molecule has 0 aliphatic carbocycles. The largest absolute Gasteiger partial charge is 0.444 e. The van der Waals surface area contributed by atoms with Gasteiger partial charge in [0.2, 0.25) is 5.95 Å². The molecule has 0 aliphatic rings. The van der Waals surface area contributed by atoms with Crippen molar-refractivity contribution in [3.05, 3.63) is 59.8 Å². The number of carbonyl (C=O) groups excluding carboxylic acids is 1. The molecule has 7 nitrogen and oxygen atoms in total. The van der Waals surface area contributed by atoms with Gasteiger partial charge < -0.3 is 15.0 Å². The topological polar surface area (TPSA) is 95.1 Å². The second-order valence-electron chi connectivity index (χ2n) is 8.55. The van der Waals surface area contributed by atoms with Gasteiger partial charge in [0, 0.05) is 23.6 Å². The number of amides is 1. The first-order valence-electron chi connectivity index (χ1n) is 10.1. The van der Waals surface area contributed by atoms with Gasteiger partial charge in [-0.05, 0) is 50.6 Å². The molecule has 0 bridgehead atoms. The zero-order valence-electron chi connectivity index (χ0n) is 18.2. The Morgan fingerprint density at radius 2 is 1.82 bits per heavy atom. The molecule has 0 radical (unpaired) electrons. The van der Waals surface area contributed by atoms with Crippen LogP contribution < -0.4 is 11.1 Å². The molecule has 2 aromatic heterocycles. The van der Waals surface area contributed by atoms with Crippen molar-refractivity contribution in [3.63, 3.8) is 0 Å². The van der Waals surface area contributed by atoms with Crippen molar-refractivity contribution >= 4 is 39.7 Å². The first-order chi connectivity index (χ1) is 15.4. The summed E-state index contributed by atoms with van der Waals surface area (Å²) in [6.45, 7) is 5.21. The highest BCUT2D eigenvalue weighted by Gasteiger charge is 2.33. The summed E-state index contributed by atoms with van der Waals surface area (Å²) in [6, 6.07) is 10.6. The highest BCUT2D eigenvalue weighted by atomic mass is 19.4. The summed E-state index contributed by atoms with van der Waals surface area (Å²) < 4.78 is 47.3. The number of nitrogens with two attached hydrogens (primary N) is 1. The Morgan fingerprint density at radius 3 is 2.52 bits per heavy atom. The van der Waals surface area contributed by atoms with E-state index in [1.165, 1.54) is 12.1 Å². The number of aromatic nitrogens is 3. The zero-order valence-corrected chi connectivity index (χ0v) is 18.2. The van der Waals surface area contributed by atoms with Gasteiger partial charge in [-0.25, -0.2) is 9.78 Å². The lowest BCUT2D eigenvalue weighted by molar-refractivity contribution is -0.138. The van der Waals surface area contributed by atoms with E-state index >= 15 is 0 Å². The number of carbonyl (C=O) groups is 1. The Hall–Kier alpha value is -3.82. The van der Waals surface area contributed by atoms with E-state index in [0.717, 1.165) is 6.07 Å². The van der Waals surface area contributed by atoms with Crippen LogP contribution >= 0.6 is 0 Å².